The fourth-order valence-corrected chi connectivity index (χ4v) is 3.72. The zero-order valence-corrected chi connectivity index (χ0v) is 15.8. The Morgan fingerprint density at radius 3 is 2.36 bits per heavy atom. The lowest BCUT2D eigenvalue weighted by molar-refractivity contribution is -0.137. The molecule has 0 fully saturated rings. The number of rotatable bonds is 5. The molecule has 6 nitrogen and oxygen atoms in total. The monoisotopic (exact) mass is 410 g/mol. The van der Waals surface area contributed by atoms with Crippen LogP contribution in [0.1, 0.15) is 5.56 Å². The van der Waals surface area contributed by atoms with Crippen LogP contribution in [0.25, 0.3) is 11.3 Å². The van der Waals surface area contributed by atoms with Gasteiger partial charge in [0, 0.05) is 25.9 Å². The highest BCUT2D eigenvalue weighted by Gasteiger charge is 2.34. The highest BCUT2D eigenvalue weighted by Crippen LogP contribution is 2.38. The third kappa shape index (κ3) is 4.18. The van der Waals surface area contributed by atoms with E-state index in [1.807, 2.05) is 0 Å². The van der Waals surface area contributed by atoms with Gasteiger partial charge in [0.1, 0.15) is 0 Å². The molecule has 0 saturated carbocycles. The number of aromatic nitrogens is 2. The van der Waals surface area contributed by atoms with Crippen LogP contribution in [0.5, 0.6) is 0 Å². The minimum absolute atomic E-state index is 0.0405. The Balaban J connectivity index is 1.98. The Bertz CT molecular complexity index is 1080. The molecule has 28 heavy (non-hydrogen) atoms. The number of aryl methyl sites for hydroxylation is 1. The number of hydrogen-bond donors (Lipinski definition) is 1. The van der Waals surface area contributed by atoms with E-state index in [1.165, 1.54) is 48.4 Å². The predicted molar refractivity (Wildman–Crippen MR) is 98.8 cm³/mol. The summed E-state index contributed by atoms with van der Waals surface area (Å²) in [6, 6.07) is 11.0. The van der Waals surface area contributed by atoms with Crippen LogP contribution in [0, 0.1) is 0 Å². The van der Waals surface area contributed by atoms with Crippen LogP contribution in [0.15, 0.2) is 66.0 Å². The fourth-order valence-electron chi connectivity index (χ4n) is 2.64. The van der Waals surface area contributed by atoms with E-state index >= 15 is 0 Å². The van der Waals surface area contributed by atoms with Gasteiger partial charge in [0.15, 0.2) is 0 Å². The van der Waals surface area contributed by atoms with Gasteiger partial charge in [-0.05, 0) is 30.3 Å². The van der Waals surface area contributed by atoms with E-state index in [2.05, 4.69) is 9.82 Å². The molecule has 1 N–H and O–H groups in total. The smallest absolute Gasteiger partial charge is 0.340 e. The molecule has 1 aromatic heterocycles. The van der Waals surface area contributed by atoms with Crippen molar-refractivity contribution in [2.24, 2.45) is 7.05 Å². The average Bonchev–Trinajstić information content (AvgIpc) is 3.07. The number of imidazole rings is 1. The van der Waals surface area contributed by atoms with Crippen molar-refractivity contribution in [3.05, 3.63) is 66.6 Å². The first-order valence-electron chi connectivity index (χ1n) is 8.09. The van der Waals surface area contributed by atoms with Gasteiger partial charge in [-0.15, -0.1) is 4.83 Å². The topological polar surface area (TPSA) is 67.2 Å². The molecular weight excluding hydrogens is 393 g/mol. The first-order chi connectivity index (χ1) is 13.1. The van der Waals surface area contributed by atoms with E-state index in [0.29, 0.717) is 0 Å². The zero-order chi connectivity index (χ0) is 20.5. The molecule has 1 heterocycles. The lowest BCUT2D eigenvalue weighted by Crippen LogP contribution is -2.39. The molecule has 0 unspecified atom stereocenters. The van der Waals surface area contributed by atoms with Gasteiger partial charge in [-0.1, -0.05) is 18.2 Å². The van der Waals surface area contributed by atoms with Gasteiger partial charge in [0.05, 0.1) is 28.2 Å². The molecule has 0 aliphatic heterocycles. The van der Waals surface area contributed by atoms with Gasteiger partial charge < -0.3 is 4.57 Å². The quantitative estimate of drug-likeness (QED) is 0.655. The number of hydrogen-bond acceptors (Lipinski definition) is 4. The molecule has 0 aliphatic carbocycles. The van der Waals surface area contributed by atoms with Crippen LogP contribution in [0.2, 0.25) is 0 Å². The number of hydrazine groups is 1. The van der Waals surface area contributed by atoms with E-state index in [1.54, 1.807) is 25.2 Å². The van der Waals surface area contributed by atoms with Crippen LogP contribution in [-0.4, -0.2) is 25.0 Å². The van der Waals surface area contributed by atoms with Crippen LogP contribution in [0.4, 0.5) is 18.9 Å². The predicted octanol–water partition coefficient (Wildman–Crippen LogP) is 3.44. The Morgan fingerprint density at radius 2 is 1.79 bits per heavy atom. The lowest BCUT2D eigenvalue weighted by Gasteiger charge is -2.22. The van der Waals surface area contributed by atoms with Crippen LogP contribution < -0.4 is 9.84 Å². The molecule has 3 rings (SSSR count). The van der Waals surface area contributed by atoms with Gasteiger partial charge in [-0.3, -0.25) is 5.01 Å². The third-order valence-corrected chi connectivity index (χ3v) is 5.39. The molecule has 0 atom stereocenters. The second-order valence-electron chi connectivity index (χ2n) is 6.12. The number of nitrogens with zero attached hydrogens (tertiary/aromatic N) is 3. The second kappa shape index (κ2) is 7.28. The number of alkyl halides is 3. The first kappa shape index (κ1) is 19.9. The van der Waals surface area contributed by atoms with E-state index in [9.17, 15) is 21.6 Å². The summed E-state index contributed by atoms with van der Waals surface area (Å²) in [6.45, 7) is 0. The maximum absolute atomic E-state index is 13.4. The third-order valence-electron chi connectivity index (χ3n) is 3.99. The van der Waals surface area contributed by atoms with Gasteiger partial charge in [0.2, 0.25) is 0 Å². The lowest BCUT2D eigenvalue weighted by atomic mass is 10.0. The molecule has 0 amide bonds. The summed E-state index contributed by atoms with van der Waals surface area (Å²) in [4.78, 5) is 6.36. The van der Waals surface area contributed by atoms with Crippen molar-refractivity contribution in [1.29, 1.82) is 0 Å². The van der Waals surface area contributed by atoms with Crippen LogP contribution in [0.3, 0.4) is 0 Å². The largest absolute Gasteiger partial charge is 0.417 e. The maximum Gasteiger partial charge on any atom is 0.417 e. The summed E-state index contributed by atoms with van der Waals surface area (Å²) in [6.07, 6.45) is -1.72. The van der Waals surface area contributed by atoms with Crippen molar-refractivity contribution in [2.75, 3.05) is 12.1 Å². The van der Waals surface area contributed by atoms with Gasteiger partial charge in [-0.25, -0.2) is 13.4 Å². The highest BCUT2D eigenvalue weighted by molar-refractivity contribution is 7.89. The fraction of sp³-hybridized carbons (Fsp3) is 0.167. The molecule has 0 saturated heterocycles. The van der Waals surface area contributed by atoms with E-state index in [0.717, 1.165) is 11.1 Å². The standard InChI is InChI=1S/C18H17F3N4O2S/c1-24-11-17(22-12-24)15-10-13(8-9-16(15)18(19,20)21)25(2)23-28(26,27)14-6-4-3-5-7-14/h3-12,23H,1-2H3. The minimum Gasteiger partial charge on any atom is -0.340 e. The molecule has 2 aromatic carbocycles. The van der Waals surface area contributed by atoms with Crippen LogP contribution >= 0.6 is 0 Å². The van der Waals surface area contributed by atoms with Crippen molar-refractivity contribution in [2.45, 2.75) is 11.1 Å². The van der Waals surface area contributed by atoms with Crippen molar-refractivity contribution in [3.8, 4) is 11.3 Å². The SMILES string of the molecule is CN(NS(=O)(=O)c1ccccc1)c1ccc(C(F)(F)F)c(-c2cn(C)cn2)c1. The first-order valence-corrected chi connectivity index (χ1v) is 9.57. The molecule has 148 valence electrons. The van der Waals surface area contributed by atoms with E-state index < -0.39 is 21.8 Å². The molecular formula is C18H17F3N4O2S. The van der Waals surface area contributed by atoms with Crippen molar-refractivity contribution in [3.63, 3.8) is 0 Å². The normalized spacial score (nSPS) is 12.2. The number of benzene rings is 2. The number of halogens is 3. The zero-order valence-electron chi connectivity index (χ0n) is 15.0. The highest BCUT2D eigenvalue weighted by atomic mass is 32.2. The summed E-state index contributed by atoms with van der Waals surface area (Å²) in [5.74, 6) is 0. The number of nitrogens with one attached hydrogen (secondary N) is 1. The average molecular weight is 410 g/mol. The minimum atomic E-state index is -4.58. The van der Waals surface area contributed by atoms with E-state index in [-0.39, 0.29) is 21.8 Å². The summed E-state index contributed by atoms with van der Waals surface area (Å²) in [5.41, 5.74) is -0.630. The number of anilines is 1. The van der Waals surface area contributed by atoms with Gasteiger partial charge in [0.25, 0.3) is 10.0 Å². The molecule has 0 radical (unpaired) electrons. The van der Waals surface area contributed by atoms with Crippen molar-refractivity contribution in [1.82, 2.24) is 14.4 Å². The maximum atomic E-state index is 13.4. The Labute approximate surface area is 160 Å². The Kier molecular flexibility index (Phi) is 5.18. The molecule has 10 heteroatoms. The molecule has 0 aliphatic rings. The van der Waals surface area contributed by atoms with Gasteiger partial charge in [-0.2, -0.15) is 13.2 Å². The van der Waals surface area contributed by atoms with E-state index in [4.69, 9.17) is 0 Å². The summed E-state index contributed by atoms with van der Waals surface area (Å²) < 4.78 is 66.7. The molecule has 3 aromatic rings. The summed E-state index contributed by atoms with van der Waals surface area (Å²) in [7, 11) is -0.831. The number of sulfonamides is 1. The van der Waals surface area contributed by atoms with Crippen molar-refractivity contribution < 1.29 is 21.6 Å². The molecule has 0 spiro atoms. The molecule has 0 bridgehead atoms. The summed E-state index contributed by atoms with van der Waals surface area (Å²) >= 11 is 0. The summed E-state index contributed by atoms with van der Waals surface area (Å²) in [5, 5.41) is 1.15. The van der Waals surface area contributed by atoms with Crippen molar-refractivity contribution >= 4 is 15.7 Å². The Hall–Kier alpha value is -2.85. The van der Waals surface area contributed by atoms with Gasteiger partial charge >= 0.3 is 6.18 Å². The second-order valence-corrected chi connectivity index (χ2v) is 7.78. The van der Waals surface area contributed by atoms with Crippen LogP contribution in [-0.2, 0) is 23.2 Å². The Morgan fingerprint density at radius 1 is 1.11 bits per heavy atom.